The predicted molar refractivity (Wildman–Crippen MR) is 68.2 cm³/mol. The minimum atomic E-state index is -0.441. The van der Waals surface area contributed by atoms with Gasteiger partial charge in [-0.1, -0.05) is 6.92 Å². The highest BCUT2D eigenvalue weighted by atomic mass is 127. The standard InChI is InChI=1S/C10H10FIN4O/c1-2-8-13-9(15-14-8)5-16-4-6(11)3-7(12)10(16)17/h3-4H,2,5H2,1H3,(H,13,14,15). The van der Waals surface area contributed by atoms with Crippen molar-refractivity contribution in [1.82, 2.24) is 19.7 Å². The van der Waals surface area contributed by atoms with Crippen LogP contribution >= 0.6 is 22.6 Å². The van der Waals surface area contributed by atoms with Gasteiger partial charge < -0.3 is 4.57 Å². The van der Waals surface area contributed by atoms with Gasteiger partial charge in [0.1, 0.15) is 11.6 Å². The molecule has 0 atom stereocenters. The summed E-state index contributed by atoms with van der Waals surface area (Å²) in [6.07, 6.45) is 1.88. The number of aromatic nitrogens is 4. The number of pyridine rings is 1. The van der Waals surface area contributed by atoms with Gasteiger partial charge in [0.15, 0.2) is 5.82 Å². The Morgan fingerprint density at radius 2 is 2.35 bits per heavy atom. The summed E-state index contributed by atoms with van der Waals surface area (Å²) in [4.78, 5) is 15.9. The molecule has 0 amide bonds. The molecule has 1 N–H and O–H groups in total. The van der Waals surface area contributed by atoms with Crippen molar-refractivity contribution < 1.29 is 4.39 Å². The minimum Gasteiger partial charge on any atom is -0.304 e. The summed E-state index contributed by atoms with van der Waals surface area (Å²) in [7, 11) is 0. The molecule has 2 heterocycles. The van der Waals surface area contributed by atoms with E-state index in [0.717, 1.165) is 0 Å². The summed E-state index contributed by atoms with van der Waals surface area (Å²) in [5.74, 6) is 0.786. The van der Waals surface area contributed by atoms with Crippen molar-refractivity contribution in [2.45, 2.75) is 19.9 Å². The van der Waals surface area contributed by atoms with Gasteiger partial charge in [0, 0.05) is 12.6 Å². The second-order valence-corrected chi connectivity index (χ2v) is 4.65. The molecule has 5 nitrogen and oxygen atoms in total. The molecule has 2 aromatic heterocycles. The number of hydrogen-bond donors (Lipinski definition) is 1. The Balaban J connectivity index is 2.32. The van der Waals surface area contributed by atoms with Crippen LogP contribution in [-0.4, -0.2) is 19.7 Å². The van der Waals surface area contributed by atoms with E-state index in [0.29, 0.717) is 21.6 Å². The van der Waals surface area contributed by atoms with Crippen LogP contribution in [0.3, 0.4) is 0 Å². The Hall–Kier alpha value is -1.25. The molecule has 2 aromatic rings. The highest BCUT2D eigenvalue weighted by molar-refractivity contribution is 14.1. The number of rotatable bonds is 3. The molecular weight excluding hydrogens is 338 g/mol. The van der Waals surface area contributed by atoms with E-state index < -0.39 is 5.82 Å². The first-order valence-corrected chi connectivity index (χ1v) is 6.13. The molecule has 0 saturated carbocycles. The molecule has 0 spiro atoms. The lowest BCUT2D eigenvalue weighted by atomic mass is 10.4. The van der Waals surface area contributed by atoms with Gasteiger partial charge in [-0.3, -0.25) is 9.89 Å². The Bertz CT molecular complexity index is 592. The second-order valence-electron chi connectivity index (χ2n) is 3.49. The molecule has 90 valence electrons. The summed E-state index contributed by atoms with van der Waals surface area (Å²) < 4.78 is 14.8. The number of aryl methyl sites for hydroxylation is 1. The highest BCUT2D eigenvalue weighted by Gasteiger charge is 2.07. The summed E-state index contributed by atoms with van der Waals surface area (Å²) >= 11 is 1.81. The van der Waals surface area contributed by atoms with E-state index in [2.05, 4.69) is 15.2 Å². The molecule has 2 rings (SSSR count). The molecule has 0 bridgehead atoms. The van der Waals surface area contributed by atoms with Crippen molar-refractivity contribution in [2.75, 3.05) is 0 Å². The Labute approximate surface area is 110 Å². The van der Waals surface area contributed by atoms with Gasteiger partial charge >= 0.3 is 0 Å². The third kappa shape index (κ3) is 2.71. The van der Waals surface area contributed by atoms with Crippen LogP contribution in [0.25, 0.3) is 0 Å². The van der Waals surface area contributed by atoms with E-state index in [9.17, 15) is 9.18 Å². The molecule has 0 aromatic carbocycles. The zero-order valence-electron chi connectivity index (χ0n) is 9.07. The molecule has 0 aliphatic rings. The molecule has 0 unspecified atom stereocenters. The SMILES string of the molecule is CCc1n[nH]c(Cn2cc(F)cc(I)c2=O)n1. The topological polar surface area (TPSA) is 63.6 Å². The summed E-state index contributed by atoms with van der Waals surface area (Å²) in [6, 6.07) is 1.21. The van der Waals surface area contributed by atoms with Crippen LogP contribution in [0.4, 0.5) is 4.39 Å². The largest absolute Gasteiger partial charge is 0.304 e. The summed E-state index contributed by atoms with van der Waals surface area (Å²) in [5.41, 5.74) is -0.235. The normalized spacial score (nSPS) is 10.8. The quantitative estimate of drug-likeness (QED) is 0.851. The van der Waals surface area contributed by atoms with Gasteiger partial charge in [-0.05, 0) is 28.7 Å². The predicted octanol–water partition coefficient (Wildman–Crippen LogP) is 1.32. The lowest BCUT2D eigenvalue weighted by Crippen LogP contribution is -2.23. The monoisotopic (exact) mass is 348 g/mol. The van der Waals surface area contributed by atoms with Crippen LogP contribution in [0.15, 0.2) is 17.1 Å². The maximum Gasteiger partial charge on any atom is 0.264 e. The van der Waals surface area contributed by atoms with Crippen molar-refractivity contribution in [2.24, 2.45) is 0 Å². The number of aromatic amines is 1. The van der Waals surface area contributed by atoms with Gasteiger partial charge in [0.2, 0.25) is 0 Å². The number of nitrogens with zero attached hydrogens (tertiary/aromatic N) is 3. The molecule has 0 radical (unpaired) electrons. The van der Waals surface area contributed by atoms with Crippen molar-refractivity contribution in [3.63, 3.8) is 0 Å². The van der Waals surface area contributed by atoms with Crippen LogP contribution in [0, 0.1) is 9.39 Å². The summed E-state index contributed by atoms with van der Waals surface area (Å²) in [5, 5.41) is 6.68. The number of hydrogen-bond acceptors (Lipinski definition) is 3. The molecule has 0 fully saturated rings. The van der Waals surface area contributed by atoms with Crippen molar-refractivity contribution in [3.05, 3.63) is 43.7 Å². The van der Waals surface area contributed by atoms with E-state index in [1.807, 2.05) is 29.5 Å². The van der Waals surface area contributed by atoms with E-state index in [1.54, 1.807) is 0 Å². The van der Waals surface area contributed by atoms with Crippen molar-refractivity contribution in [1.29, 1.82) is 0 Å². The van der Waals surface area contributed by atoms with Crippen molar-refractivity contribution >= 4 is 22.6 Å². The second kappa shape index (κ2) is 4.94. The average Bonchev–Trinajstić information content (AvgIpc) is 2.73. The lowest BCUT2D eigenvalue weighted by Gasteiger charge is -2.03. The van der Waals surface area contributed by atoms with Gasteiger partial charge in [-0.2, -0.15) is 5.10 Å². The molecule has 17 heavy (non-hydrogen) atoms. The molecule has 7 heteroatoms. The first kappa shape index (κ1) is 12.2. The Morgan fingerprint density at radius 3 is 3.00 bits per heavy atom. The zero-order valence-corrected chi connectivity index (χ0v) is 11.2. The smallest absolute Gasteiger partial charge is 0.264 e. The molecule has 0 saturated heterocycles. The fourth-order valence-corrected chi connectivity index (χ4v) is 2.01. The van der Waals surface area contributed by atoms with Crippen molar-refractivity contribution in [3.8, 4) is 0 Å². The van der Waals surface area contributed by atoms with Gasteiger partial charge in [-0.25, -0.2) is 9.37 Å². The first-order valence-electron chi connectivity index (χ1n) is 5.05. The van der Waals surface area contributed by atoms with E-state index in [1.165, 1.54) is 16.8 Å². The van der Waals surface area contributed by atoms with Gasteiger partial charge in [-0.15, -0.1) is 0 Å². The number of nitrogens with one attached hydrogen (secondary N) is 1. The molecule has 0 aliphatic carbocycles. The number of halogens is 2. The maximum atomic E-state index is 13.2. The Morgan fingerprint density at radius 1 is 1.59 bits per heavy atom. The third-order valence-corrected chi connectivity index (χ3v) is 3.00. The average molecular weight is 348 g/mol. The van der Waals surface area contributed by atoms with Crippen LogP contribution < -0.4 is 5.56 Å². The Kier molecular flexibility index (Phi) is 3.55. The third-order valence-electron chi connectivity index (χ3n) is 2.22. The van der Waals surface area contributed by atoms with Gasteiger partial charge in [0.05, 0.1) is 10.1 Å². The minimum absolute atomic E-state index is 0.194. The number of H-pyrrole nitrogens is 1. The van der Waals surface area contributed by atoms with Gasteiger partial charge in [0.25, 0.3) is 5.56 Å². The fraction of sp³-hybridized carbons (Fsp3) is 0.300. The maximum absolute atomic E-state index is 13.2. The van der Waals surface area contributed by atoms with Crippen LogP contribution in [0.5, 0.6) is 0 Å². The zero-order chi connectivity index (χ0) is 12.4. The van der Waals surface area contributed by atoms with E-state index in [-0.39, 0.29) is 12.1 Å². The highest BCUT2D eigenvalue weighted by Crippen LogP contribution is 2.03. The van der Waals surface area contributed by atoms with Crippen LogP contribution in [0.1, 0.15) is 18.6 Å². The molecule has 0 aliphatic heterocycles. The van der Waals surface area contributed by atoms with E-state index >= 15 is 0 Å². The summed E-state index contributed by atoms with van der Waals surface area (Å²) in [6.45, 7) is 2.13. The van der Waals surface area contributed by atoms with Crippen LogP contribution in [-0.2, 0) is 13.0 Å². The van der Waals surface area contributed by atoms with E-state index in [4.69, 9.17) is 0 Å². The first-order chi connectivity index (χ1) is 8.10. The van der Waals surface area contributed by atoms with Crippen LogP contribution in [0.2, 0.25) is 0 Å². The fourth-order valence-electron chi connectivity index (χ4n) is 1.41. The molecular formula is C10H10FIN4O. The lowest BCUT2D eigenvalue weighted by molar-refractivity contribution is 0.588.